The molecule has 122 valence electrons. The van der Waals surface area contributed by atoms with Crippen molar-refractivity contribution in [2.45, 2.75) is 0 Å². The van der Waals surface area contributed by atoms with Crippen molar-refractivity contribution < 1.29 is 4.74 Å². The standard InChI is InChI=1S/C22H18N2O/c1-25-20-14-8-11-18(15-20)21-16-24(19-12-6-3-7-13-19)22(23-21)17-9-4-2-5-10-17/h2-16H,1H3. The number of imidazole rings is 1. The quantitative estimate of drug-likeness (QED) is 0.514. The molecule has 0 saturated carbocycles. The molecule has 0 fully saturated rings. The van der Waals surface area contributed by atoms with Gasteiger partial charge in [0.25, 0.3) is 0 Å². The molecule has 4 aromatic rings. The number of aromatic nitrogens is 2. The summed E-state index contributed by atoms with van der Waals surface area (Å²) in [6.07, 6.45) is 2.08. The molecular formula is C22H18N2O. The maximum Gasteiger partial charge on any atom is 0.145 e. The molecule has 0 bridgehead atoms. The molecule has 0 aliphatic rings. The molecule has 3 heteroatoms. The van der Waals surface area contributed by atoms with Crippen LogP contribution in [0.1, 0.15) is 0 Å². The first-order valence-electron chi connectivity index (χ1n) is 8.20. The summed E-state index contributed by atoms with van der Waals surface area (Å²) >= 11 is 0. The van der Waals surface area contributed by atoms with Gasteiger partial charge in [-0.05, 0) is 24.3 Å². The molecule has 0 N–H and O–H groups in total. The minimum atomic E-state index is 0.827. The largest absolute Gasteiger partial charge is 0.497 e. The maximum atomic E-state index is 5.35. The number of para-hydroxylation sites is 1. The van der Waals surface area contributed by atoms with Gasteiger partial charge < -0.3 is 4.74 Å². The van der Waals surface area contributed by atoms with Crippen LogP contribution in [-0.2, 0) is 0 Å². The van der Waals surface area contributed by atoms with Crippen LogP contribution < -0.4 is 4.74 Å². The number of methoxy groups -OCH3 is 1. The van der Waals surface area contributed by atoms with E-state index in [-0.39, 0.29) is 0 Å². The Kier molecular flexibility index (Phi) is 4.05. The first kappa shape index (κ1) is 15.2. The van der Waals surface area contributed by atoms with E-state index in [0.29, 0.717) is 0 Å². The fourth-order valence-corrected chi connectivity index (χ4v) is 2.88. The monoisotopic (exact) mass is 326 g/mol. The van der Waals surface area contributed by atoms with Crippen molar-refractivity contribution in [1.82, 2.24) is 9.55 Å². The summed E-state index contributed by atoms with van der Waals surface area (Å²) < 4.78 is 7.48. The van der Waals surface area contributed by atoms with Crippen LogP contribution in [0.4, 0.5) is 0 Å². The van der Waals surface area contributed by atoms with Gasteiger partial charge in [-0.2, -0.15) is 0 Å². The van der Waals surface area contributed by atoms with Crippen LogP contribution in [0.2, 0.25) is 0 Å². The Labute approximate surface area is 147 Å². The fraction of sp³-hybridized carbons (Fsp3) is 0.0455. The highest BCUT2D eigenvalue weighted by Crippen LogP contribution is 2.29. The average molecular weight is 326 g/mol. The molecule has 3 nitrogen and oxygen atoms in total. The third-order valence-electron chi connectivity index (χ3n) is 4.14. The van der Waals surface area contributed by atoms with E-state index in [4.69, 9.17) is 9.72 Å². The van der Waals surface area contributed by atoms with Crippen molar-refractivity contribution in [2.75, 3.05) is 7.11 Å². The molecule has 0 aliphatic carbocycles. The molecule has 0 radical (unpaired) electrons. The summed E-state index contributed by atoms with van der Waals surface area (Å²) in [5, 5.41) is 0. The number of nitrogens with zero attached hydrogens (tertiary/aromatic N) is 2. The zero-order valence-corrected chi connectivity index (χ0v) is 14.0. The Balaban J connectivity index is 1.89. The molecule has 0 unspecified atom stereocenters. The molecule has 0 spiro atoms. The fourth-order valence-electron chi connectivity index (χ4n) is 2.88. The predicted octanol–water partition coefficient (Wildman–Crippen LogP) is 5.21. The van der Waals surface area contributed by atoms with Crippen LogP contribution in [0.3, 0.4) is 0 Å². The van der Waals surface area contributed by atoms with Gasteiger partial charge in [0.1, 0.15) is 11.6 Å². The lowest BCUT2D eigenvalue weighted by molar-refractivity contribution is 0.415. The van der Waals surface area contributed by atoms with Crippen molar-refractivity contribution >= 4 is 0 Å². The van der Waals surface area contributed by atoms with E-state index in [0.717, 1.165) is 34.1 Å². The van der Waals surface area contributed by atoms with Crippen molar-refractivity contribution in [3.8, 4) is 34.1 Å². The van der Waals surface area contributed by atoms with Gasteiger partial charge in [0.2, 0.25) is 0 Å². The average Bonchev–Trinajstić information content (AvgIpc) is 3.15. The van der Waals surface area contributed by atoms with E-state index in [9.17, 15) is 0 Å². The second kappa shape index (κ2) is 6.65. The van der Waals surface area contributed by atoms with Crippen LogP contribution in [0.5, 0.6) is 5.75 Å². The van der Waals surface area contributed by atoms with Gasteiger partial charge in [-0.1, -0.05) is 60.7 Å². The summed E-state index contributed by atoms with van der Waals surface area (Å²) in [6.45, 7) is 0. The lowest BCUT2D eigenvalue weighted by Crippen LogP contribution is -1.95. The third kappa shape index (κ3) is 3.04. The van der Waals surface area contributed by atoms with Gasteiger partial charge >= 0.3 is 0 Å². The second-order valence-electron chi connectivity index (χ2n) is 5.75. The molecule has 25 heavy (non-hydrogen) atoms. The van der Waals surface area contributed by atoms with Gasteiger partial charge in [-0.15, -0.1) is 0 Å². The first-order chi connectivity index (χ1) is 12.3. The van der Waals surface area contributed by atoms with E-state index < -0.39 is 0 Å². The topological polar surface area (TPSA) is 27.1 Å². The Bertz CT molecular complexity index is 918. The normalized spacial score (nSPS) is 10.6. The predicted molar refractivity (Wildman–Crippen MR) is 101 cm³/mol. The minimum Gasteiger partial charge on any atom is -0.497 e. The number of ether oxygens (including phenoxy) is 1. The zero-order chi connectivity index (χ0) is 17.1. The highest BCUT2D eigenvalue weighted by molar-refractivity contribution is 5.68. The highest BCUT2D eigenvalue weighted by atomic mass is 16.5. The molecule has 0 atom stereocenters. The Morgan fingerprint density at radius 3 is 2.16 bits per heavy atom. The van der Waals surface area contributed by atoms with Crippen LogP contribution in [0.15, 0.2) is 91.1 Å². The van der Waals surface area contributed by atoms with Crippen molar-refractivity contribution in [2.24, 2.45) is 0 Å². The highest BCUT2D eigenvalue weighted by Gasteiger charge is 2.13. The van der Waals surface area contributed by atoms with Crippen LogP contribution in [0.25, 0.3) is 28.3 Å². The summed E-state index contributed by atoms with van der Waals surface area (Å²) in [7, 11) is 1.68. The van der Waals surface area contributed by atoms with Crippen molar-refractivity contribution in [3.63, 3.8) is 0 Å². The van der Waals surface area contributed by atoms with E-state index in [1.807, 2.05) is 54.6 Å². The van der Waals surface area contributed by atoms with Gasteiger partial charge in [0.05, 0.1) is 12.8 Å². The van der Waals surface area contributed by atoms with Crippen molar-refractivity contribution in [1.29, 1.82) is 0 Å². The maximum absolute atomic E-state index is 5.35. The summed E-state index contributed by atoms with van der Waals surface area (Å²) in [5.41, 5.74) is 4.12. The van der Waals surface area contributed by atoms with Gasteiger partial charge in [-0.3, -0.25) is 4.57 Å². The first-order valence-corrected chi connectivity index (χ1v) is 8.20. The number of hydrogen-bond donors (Lipinski definition) is 0. The molecule has 1 heterocycles. The zero-order valence-electron chi connectivity index (χ0n) is 14.0. The molecule has 0 amide bonds. The second-order valence-corrected chi connectivity index (χ2v) is 5.75. The van der Waals surface area contributed by atoms with Gasteiger partial charge in [0, 0.05) is 23.0 Å². The van der Waals surface area contributed by atoms with Gasteiger partial charge in [0.15, 0.2) is 0 Å². The van der Waals surface area contributed by atoms with Crippen LogP contribution in [0, 0.1) is 0 Å². The number of rotatable bonds is 4. The van der Waals surface area contributed by atoms with E-state index in [1.54, 1.807) is 7.11 Å². The lowest BCUT2D eigenvalue weighted by atomic mass is 10.1. The van der Waals surface area contributed by atoms with E-state index >= 15 is 0 Å². The Morgan fingerprint density at radius 2 is 1.44 bits per heavy atom. The van der Waals surface area contributed by atoms with Crippen molar-refractivity contribution in [3.05, 3.63) is 91.1 Å². The summed E-state index contributed by atoms with van der Waals surface area (Å²) in [5.74, 6) is 1.75. The molecule has 0 saturated heterocycles. The third-order valence-corrected chi connectivity index (χ3v) is 4.14. The Morgan fingerprint density at radius 1 is 0.760 bits per heavy atom. The smallest absolute Gasteiger partial charge is 0.145 e. The van der Waals surface area contributed by atoms with Crippen LogP contribution >= 0.6 is 0 Å². The molecule has 0 aliphatic heterocycles. The molecule has 1 aromatic heterocycles. The molecule has 4 rings (SSSR count). The molecular weight excluding hydrogens is 308 g/mol. The van der Waals surface area contributed by atoms with Gasteiger partial charge in [-0.25, -0.2) is 4.98 Å². The number of hydrogen-bond acceptors (Lipinski definition) is 2. The SMILES string of the molecule is COc1cccc(-c2cn(-c3ccccc3)c(-c3ccccc3)n2)c1. The van der Waals surface area contributed by atoms with E-state index in [2.05, 4.69) is 41.1 Å². The lowest BCUT2D eigenvalue weighted by Gasteiger charge is -2.07. The molecule has 3 aromatic carbocycles. The summed E-state index contributed by atoms with van der Waals surface area (Å²) in [4.78, 5) is 4.91. The Hall–Kier alpha value is -3.33. The van der Waals surface area contributed by atoms with E-state index in [1.165, 1.54) is 0 Å². The summed E-state index contributed by atoms with van der Waals surface area (Å²) in [6, 6.07) is 28.5. The number of benzene rings is 3. The minimum absolute atomic E-state index is 0.827. The van der Waals surface area contributed by atoms with Crippen LogP contribution in [-0.4, -0.2) is 16.7 Å².